The predicted octanol–water partition coefficient (Wildman–Crippen LogP) is 4.40. The van der Waals surface area contributed by atoms with Crippen LogP contribution in [0.2, 0.25) is 10.2 Å². The molecule has 3 nitrogen and oxygen atoms in total. The van der Waals surface area contributed by atoms with Crippen molar-refractivity contribution in [1.29, 1.82) is 0 Å². The first-order valence-corrected chi connectivity index (χ1v) is 6.50. The summed E-state index contributed by atoms with van der Waals surface area (Å²) in [7, 11) is 0. The molecule has 0 fully saturated rings. The highest BCUT2D eigenvalue weighted by Crippen LogP contribution is 2.23. The molecule has 1 heterocycles. The number of carbonyl (C=O) groups excluding carboxylic acids is 1. The first kappa shape index (κ1) is 13.3. The second-order valence-corrected chi connectivity index (χ2v) is 5.11. The summed E-state index contributed by atoms with van der Waals surface area (Å²) in [6.45, 7) is 0. The standard InChI is InChI=1S/C12H7BrCl2N2O/c13-7-5-8(11(15)16-6-7)12(18)17-10-4-2-1-3-9(10)14/h1-6H,(H,17,18). The molecule has 0 saturated carbocycles. The molecule has 1 aromatic carbocycles. The number of halogens is 3. The Morgan fingerprint density at radius 3 is 2.72 bits per heavy atom. The Labute approximate surface area is 122 Å². The molecule has 0 aliphatic rings. The summed E-state index contributed by atoms with van der Waals surface area (Å²) in [5, 5.41) is 3.28. The second kappa shape index (κ2) is 5.69. The van der Waals surface area contributed by atoms with Gasteiger partial charge in [0.1, 0.15) is 5.15 Å². The summed E-state index contributed by atoms with van der Waals surface area (Å²) in [4.78, 5) is 15.9. The first-order chi connectivity index (χ1) is 8.58. The Kier molecular flexibility index (Phi) is 4.22. The van der Waals surface area contributed by atoms with Crippen LogP contribution in [0.4, 0.5) is 5.69 Å². The van der Waals surface area contributed by atoms with E-state index in [4.69, 9.17) is 23.2 Å². The molecule has 1 N–H and O–H groups in total. The average molecular weight is 346 g/mol. The van der Waals surface area contributed by atoms with E-state index in [0.717, 1.165) is 0 Å². The van der Waals surface area contributed by atoms with Gasteiger partial charge in [0.25, 0.3) is 5.91 Å². The highest BCUT2D eigenvalue weighted by molar-refractivity contribution is 9.10. The Hall–Kier alpha value is -1.10. The minimum atomic E-state index is -0.359. The maximum atomic E-state index is 12.0. The molecule has 0 saturated heterocycles. The highest BCUT2D eigenvalue weighted by atomic mass is 79.9. The molecule has 0 aliphatic carbocycles. The van der Waals surface area contributed by atoms with Crippen LogP contribution in [0.25, 0.3) is 0 Å². The molecule has 0 unspecified atom stereocenters. The molecule has 0 atom stereocenters. The van der Waals surface area contributed by atoms with Crippen molar-refractivity contribution in [3.63, 3.8) is 0 Å². The van der Waals surface area contributed by atoms with E-state index in [2.05, 4.69) is 26.2 Å². The van der Waals surface area contributed by atoms with Gasteiger partial charge in [-0.2, -0.15) is 0 Å². The maximum Gasteiger partial charge on any atom is 0.258 e. The number of pyridine rings is 1. The monoisotopic (exact) mass is 344 g/mol. The Balaban J connectivity index is 2.28. The van der Waals surface area contributed by atoms with Gasteiger partial charge in [-0.05, 0) is 34.1 Å². The van der Waals surface area contributed by atoms with E-state index in [-0.39, 0.29) is 16.6 Å². The number of nitrogens with zero attached hydrogens (tertiary/aromatic N) is 1. The molecule has 92 valence electrons. The number of carbonyl (C=O) groups is 1. The molecule has 2 rings (SSSR count). The third-order valence-corrected chi connectivity index (χ3v) is 3.24. The average Bonchev–Trinajstić information content (AvgIpc) is 2.35. The highest BCUT2D eigenvalue weighted by Gasteiger charge is 2.13. The van der Waals surface area contributed by atoms with Crippen LogP contribution in [0.15, 0.2) is 41.0 Å². The smallest absolute Gasteiger partial charge is 0.258 e. The topological polar surface area (TPSA) is 42.0 Å². The van der Waals surface area contributed by atoms with Gasteiger partial charge in [0.15, 0.2) is 0 Å². The van der Waals surface area contributed by atoms with Crippen LogP contribution in [0.1, 0.15) is 10.4 Å². The number of aromatic nitrogens is 1. The van der Waals surface area contributed by atoms with Gasteiger partial charge in [-0.3, -0.25) is 4.79 Å². The molecule has 1 amide bonds. The van der Waals surface area contributed by atoms with Crippen LogP contribution in [0.3, 0.4) is 0 Å². The van der Waals surface area contributed by atoms with Crippen molar-refractivity contribution >= 4 is 50.7 Å². The molecule has 0 radical (unpaired) electrons. The lowest BCUT2D eigenvalue weighted by Crippen LogP contribution is -2.13. The summed E-state index contributed by atoms with van der Waals surface area (Å²) >= 11 is 15.1. The van der Waals surface area contributed by atoms with E-state index in [1.165, 1.54) is 6.20 Å². The number of nitrogens with one attached hydrogen (secondary N) is 1. The number of rotatable bonds is 2. The molecular formula is C12H7BrCl2N2O. The van der Waals surface area contributed by atoms with Crippen molar-refractivity contribution in [1.82, 2.24) is 4.98 Å². The summed E-state index contributed by atoms with van der Waals surface area (Å²) in [6, 6.07) is 8.56. The fourth-order valence-electron chi connectivity index (χ4n) is 1.33. The Morgan fingerprint density at radius 1 is 1.28 bits per heavy atom. The van der Waals surface area contributed by atoms with Crippen molar-refractivity contribution in [2.24, 2.45) is 0 Å². The van der Waals surface area contributed by atoms with Gasteiger partial charge in [-0.25, -0.2) is 4.98 Å². The van der Waals surface area contributed by atoms with Crippen LogP contribution in [-0.4, -0.2) is 10.9 Å². The van der Waals surface area contributed by atoms with E-state index < -0.39 is 0 Å². The van der Waals surface area contributed by atoms with Crippen molar-refractivity contribution in [2.45, 2.75) is 0 Å². The largest absolute Gasteiger partial charge is 0.321 e. The fourth-order valence-corrected chi connectivity index (χ4v) is 2.04. The lowest BCUT2D eigenvalue weighted by Gasteiger charge is -2.08. The number of benzene rings is 1. The molecular weight excluding hydrogens is 339 g/mol. The third kappa shape index (κ3) is 3.02. The normalized spacial score (nSPS) is 10.2. The van der Waals surface area contributed by atoms with Crippen LogP contribution in [-0.2, 0) is 0 Å². The fraction of sp³-hybridized carbons (Fsp3) is 0. The molecule has 1 aromatic heterocycles. The van der Waals surface area contributed by atoms with Gasteiger partial charge in [-0.15, -0.1) is 0 Å². The third-order valence-electron chi connectivity index (χ3n) is 2.17. The molecule has 0 spiro atoms. The lowest BCUT2D eigenvalue weighted by atomic mass is 10.2. The van der Waals surface area contributed by atoms with Gasteiger partial charge in [0.2, 0.25) is 0 Å². The van der Waals surface area contributed by atoms with Crippen molar-refractivity contribution in [2.75, 3.05) is 5.32 Å². The molecule has 18 heavy (non-hydrogen) atoms. The van der Waals surface area contributed by atoms with Crippen molar-refractivity contribution in [3.05, 3.63) is 56.7 Å². The van der Waals surface area contributed by atoms with Crippen LogP contribution in [0, 0.1) is 0 Å². The minimum absolute atomic E-state index is 0.141. The van der Waals surface area contributed by atoms with Gasteiger partial charge < -0.3 is 5.32 Å². The Morgan fingerprint density at radius 2 is 2.00 bits per heavy atom. The predicted molar refractivity (Wildman–Crippen MR) is 76.4 cm³/mol. The lowest BCUT2D eigenvalue weighted by molar-refractivity contribution is 0.102. The summed E-state index contributed by atoms with van der Waals surface area (Å²) < 4.78 is 0.677. The molecule has 2 aromatic rings. The van der Waals surface area contributed by atoms with E-state index in [0.29, 0.717) is 15.2 Å². The second-order valence-electron chi connectivity index (χ2n) is 3.43. The van der Waals surface area contributed by atoms with Gasteiger partial charge in [0.05, 0.1) is 16.3 Å². The zero-order valence-electron chi connectivity index (χ0n) is 8.95. The van der Waals surface area contributed by atoms with E-state index in [1.54, 1.807) is 30.3 Å². The summed E-state index contributed by atoms with van der Waals surface area (Å²) in [5.41, 5.74) is 0.811. The van der Waals surface area contributed by atoms with E-state index in [9.17, 15) is 4.79 Å². The SMILES string of the molecule is O=C(Nc1ccccc1Cl)c1cc(Br)cnc1Cl. The van der Waals surface area contributed by atoms with Gasteiger partial charge >= 0.3 is 0 Å². The zero-order valence-corrected chi connectivity index (χ0v) is 12.1. The number of hydrogen-bond acceptors (Lipinski definition) is 2. The molecule has 0 bridgehead atoms. The quantitative estimate of drug-likeness (QED) is 0.819. The van der Waals surface area contributed by atoms with Crippen LogP contribution >= 0.6 is 39.1 Å². The van der Waals surface area contributed by atoms with Crippen molar-refractivity contribution in [3.8, 4) is 0 Å². The van der Waals surface area contributed by atoms with Crippen LogP contribution in [0.5, 0.6) is 0 Å². The first-order valence-electron chi connectivity index (χ1n) is 4.95. The van der Waals surface area contributed by atoms with Crippen LogP contribution < -0.4 is 5.32 Å². The zero-order chi connectivity index (χ0) is 13.1. The Bertz CT molecular complexity index is 604. The van der Waals surface area contributed by atoms with E-state index >= 15 is 0 Å². The minimum Gasteiger partial charge on any atom is -0.321 e. The number of anilines is 1. The number of para-hydroxylation sites is 1. The number of amides is 1. The van der Waals surface area contributed by atoms with E-state index in [1.807, 2.05) is 0 Å². The van der Waals surface area contributed by atoms with Gasteiger partial charge in [-0.1, -0.05) is 35.3 Å². The van der Waals surface area contributed by atoms with Gasteiger partial charge in [0, 0.05) is 10.7 Å². The number of hydrogen-bond donors (Lipinski definition) is 1. The summed E-state index contributed by atoms with van der Waals surface area (Å²) in [6.07, 6.45) is 1.52. The summed E-state index contributed by atoms with van der Waals surface area (Å²) in [5.74, 6) is -0.359. The van der Waals surface area contributed by atoms with Crippen molar-refractivity contribution < 1.29 is 4.79 Å². The molecule has 6 heteroatoms. The maximum absolute atomic E-state index is 12.0. The molecule has 0 aliphatic heterocycles.